The summed E-state index contributed by atoms with van der Waals surface area (Å²) >= 11 is 6.29. The van der Waals surface area contributed by atoms with Crippen LogP contribution in [-0.2, 0) is 9.53 Å². The maximum Gasteiger partial charge on any atom is 0.338 e. The van der Waals surface area contributed by atoms with E-state index in [1.807, 2.05) is 20.8 Å². The predicted molar refractivity (Wildman–Crippen MR) is 100 cm³/mol. The first-order valence-corrected chi connectivity index (χ1v) is 9.07. The van der Waals surface area contributed by atoms with Gasteiger partial charge in [0.2, 0.25) is 0 Å². The van der Waals surface area contributed by atoms with E-state index in [0.29, 0.717) is 34.2 Å². The Balaban J connectivity index is 2.52. The van der Waals surface area contributed by atoms with Crippen molar-refractivity contribution in [2.24, 2.45) is 5.92 Å². The molecule has 2 amide bonds. The molecule has 26 heavy (non-hydrogen) atoms. The van der Waals surface area contributed by atoms with Gasteiger partial charge in [-0.15, -0.1) is 0 Å². The number of urea groups is 1. The number of carbonyl (C=O) groups is 2. The molecule has 0 saturated heterocycles. The van der Waals surface area contributed by atoms with Crippen LogP contribution in [0.3, 0.4) is 0 Å². The molecule has 6 nitrogen and oxygen atoms in total. The van der Waals surface area contributed by atoms with Gasteiger partial charge in [-0.05, 0) is 44.4 Å². The number of ether oxygens (including phenoxy) is 2. The average molecular weight is 381 g/mol. The Morgan fingerprint density at radius 1 is 1.27 bits per heavy atom. The molecule has 1 aromatic rings. The fourth-order valence-corrected chi connectivity index (χ4v) is 3.01. The van der Waals surface area contributed by atoms with Crippen LogP contribution in [-0.4, -0.2) is 24.7 Å². The predicted octanol–water partition coefficient (Wildman–Crippen LogP) is 3.95. The van der Waals surface area contributed by atoms with Crippen molar-refractivity contribution in [2.45, 2.75) is 46.8 Å². The molecule has 1 heterocycles. The van der Waals surface area contributed by atoms with E-state index in [1.165, 1.54) is 0 Å². The number of amides is 2. The molecule has 0 aliphatic carbocycles. The second kappa shape index (κ2) is 8.45. The Bertz CT molecular complexity index is 728. The summed E-state index contributed by atoms with van der Waals surface area (Å²) in [4.78, 5) is 24.9. The lowest BCUT2D eigenvalue weighted by molar-refractivity contribution is -0.143. The number of hydrogen-bond donors (Lipinski definition) is 2. The van der Waals surface area contributed by atoms with E-state index in [-0.39, 0.29) is 18.1 Å². The summed E-state index contributed by atoms with van der Waals surface area (Å²) in [6.07, 6.45) is -0.273. The number of nitrogens with one attached hydrogen (secondary N) is 2. The van der Waals surface area contributed by atoms with Gasteiger partial charge in [0, 0.05) is 5.70 Å². The molecule has 0 saturated carbocycles. The summed E-state index contributed by atoms with van der Waals surface area (Å²) in [5.74, 6) is 0.0280. The van der Waals surface area contributed by atoms with Crippen LogP contribution < -0.4 is 15.4 Å². The Labute approximate surface area is 158 Å². The minimum absolute atomic E-state index is 0.0589. The van der Waals surface area contributed by atoms with Gasteiger partial charge in [-0.2, -0.15) is 0 Å². The third kappa shape index (κ3) is 4.49. The summed E-state index contributed by atoms with van der Waals surface area (Å²) in [5, 5.41) is 5.95. The summed E-state index contributed by atoms with van der Waals surface area (Å²) in [5.41, 5.74) is 1.62. The van der Waals surface area contributed by atoms with Crippen molar-refractivity contribution in [2.75, 3.05) is 6.61 Å². The average Bonchev–Trinajstić information content (AvgIpc) is 2.55. The molecule has 142 valence electrons. The summed E-state index contributed by atoms with van der Waals surface area (Å²) in [7, 11) is 0. The molecule has 1 aliphatic heterocycles. The van der Waals surface area contributed by atoms with E-state index >= 15 is 0 Å². The van der Waals surface area contributed by atoms with E-state index in [1.54, 1.807) is 32.0 Å². The van der Waals surface area contributed by atoms with Gasteiger partial charge in [-0.25, -0.2) is 9.59 Å². The van der Waals surface area contributed by atoms with Crippen molar-refractivity contribution < 1.29 is 19.1 Å². The standard InChI is InChI=1S/C19H25ClN2O4/c1-6-25-14-8-7-12(9-13(14)20)17-15(18(23)26-11(4)5)16(10(2)3)21-19(24)22-17/h7-11,17H,6H2,1-5H3,(H2,21,22,24). The lowest BCUT2D eigenvalue weighted by atomic mass is 9.91. The van der Waals surface area contributed by atoms with Crippen molar-refractivity contribution in [1.29, 1.82) is 0 Å². The summed E-state index contributed by atoms with van der Waals surface area (Å²) in [6, 6.07) is 4.19. The molecule has 1 atom stereocenters. The molecule has 2 rings (SSSR count). The van der Waals surface area contributed by atoms with Crippen molar-refractivity contribution in [1.82, 2.24) is 10.6 Å². The molecular weight excluding hydrogens is 356 g/mol. The number of carbonyl (C=O) groups excluding carboxylic acids is 2. The zero-order chi connectivity index (χ0) is 19.4. The van der Waals surface area contributed by atoms with E-state index in [9.17, 15) is 9.59 Å². The molecule has 0 radical (unpaired) electrons. The second-order valence-corrected chi connectivity index (χ2v) is 7.00. The molecule has 7 heteroatoms. The van der Waals surface area contributed by atoms with Gasteiger partial charge in [-0.3, -0.25) is 0 Å². The fourth-order valence-electron chi connectivity index (χ4n) is 2.76. The Hall–Kier alpha value is -2.21. The van der Waals surface area contributed by atoms with Crippen molar-refractivity contribution in [3.8, 4) is 5.75 Å². The van der Waals surface area contributed by atoms with Gasteiger partial charge < -0.3 is 20.1 Å². The highest BCUT2D eigenvalue weighted by Crippen LogP contribution is 2.34. The first-order chi connectivity index (χ1) is 12.2. The molecule has 2 N–H and O–H groups in total. The van der Waals surface area contributed by atoms with Gasteiger partial charge in [0.25, 0.3) is 0 Å². The Morgan fingerprint density at radius 2 is 1.96 bits per heavy atom. The SMILES string of the molecule is CCOc1ccc(C2NC(=O)NC(C(C)C)=C2C(=O)OC(C)C)cc1Cl. The van der Waals surface area contributed by atoms with Crippen molar-refractivity contribution in [3.63, 3.8) is 0 Å². The molecule has 1 aliphatic rings. The summed E-state index contributed by atoms with van der Waals surface area (Å²) in [6.45, 7) is 9.75. The number of halogens is 1. The lowest BCUT2D eigenvalue weighted by Crippen LogP contribution is -2.47. The highest BCUT2D eigenvalue weighted by atomic mass is 35.5. The van der Waals surface area contributed by atoms with Crippen LogP contribution in [0.15, 0.2) is 29.5 Å². The number of esters is 1. The van der Waals surface area contributed by atoms with E-state index in [2.05, 4.69) is 10.6 Å². The van der Waals surface area contributed by atoms with Crippen LogP contribution in [0.2, 0.25) is 5.02 Å². The number of hydrogen-bond acceptors (Lipinski definition) is 4. The first-order valence-electron chi connectivity index (χ1n) is 8.69. The van der Waals surface area contributed by atoms with Crippen LogP contribution in [0.4, 0.5) is 4.79 Å². The van der Waals surface area contributed by atoms with Crippen molar-refractivity contribution >= 4 is 23.6 Å². The summed E-state index contributed by atoms with van der Waals surface area (Å²) < 4.78 is 10.9. The maximum absolute atomic E-state index is 12.7. The van der Waals surface area contributed by atoms with E-state index < -0.39 is 12.0 Å². The smallest absolute Gasteiger partial charge is 0.338 e. The molecule has 0 bridgehead atoms. The highest BCUT2D eigenvalue weighted by molar-refractivity contribution is 6.32. The number of benzene rings is 1. The topological polar surface area (TPSA) is 76.7 Å². The lowest BCUT2D eigenvalue weighted by Gasteiger charge is -2.31. The van der Waals surface area contributed by atoms with Crippen LogP contribution in [0, 0.1) is 5.92 Å². The third-order valence-electron chi connectivity index (χ3n) is 3.83. The van der Waals surface area contributed by atoms with Gasteiger partial charge in [-0.1, -0.05) is 31.5 Å². The highest BCUT2D eigenvalue weighted by Gasteiger charge is 2.35. The molecule has 1 aromatic carbocycles. The third-order valence-corrected chi connectivity index (χ3v) is 4.13. The van der Waals surface area contributed by atoms with Gasteiger partial charge >= 0.3 is 12.0 Å². The van der Waals surface area contributed by atoms with Gasteiger partial charge in [0.05, 0.1) is 29.3 Å². The molecular formula is C19H25ClN2O4. The van der Waals surface area contributed by atoms with Gasteiger partial charge in [0.15, 0.2) is 0 Å². The molecule has 0 fully saturated rings. The molecule has 0 aromatic heterocycles. The fraction of sp³-hybridized carbons (Fsp3) is 0.474. The number of allylic oxidation sites excluding steroid dienone is 1. The Kier molecular flexibility index (Phi) is 6.53. The number of rotatable bonds is 6. The van der Waals surface area contributed by atoms with Crippen LogP contribution in [0.1, 0.15) is 46.2 Å². The minimum atomic E-state index is -0.652. The monoisotopic (exact) mass is 380 g/mol. The van der Waals surface area contributed by atoms with Crippen LogP contribution in [0.5, 0.6) is 5.75 Å². The first kappa shape index (κ1) is 20.1. The minimum Gasteiger partial charge on any atom is -0.492 e. The zero-order valence-corrected chi connectivity index (χ0v) is 16.4. The van der Waals surface area contributed by atoms with Gasteiger partial charge in [0.1, 0.15) is 5.75 Å². The normalized spacial score (nSPS) is 17.2. The maximum atomic E-state index is 12.7. The molecule has 1 unspecified atom stereocenters. The largest absolute Gasteiger partial charge is 0.492 e. The van der Waals surface area contributed by atoms with E-state index in [4.69, 9.17) is 21.1 Å². The van der Waals surface area contributed by atoms with E-state index in [0.717, 1.165) is 0 Å². The van der Waals surface area contributed by atoms with Crippen LogP contribution in [0.25, 0.3) is 0 Å². The quantitative estimate of drug-likeness (QED) is 0.732. The van der Waals surface area contributed by atoms with Crippen molar-refractivity contribution in [3.05, 3.63) is 40.1 Å². The second-order valence-electron chi connectivity index (χ2n) is 6.59. The van der Waals surface area contributed by atoms with Crippen LogP contribution >= 0.6 is 11.6 Å². The Morgan fingerprint density at radius 3 is 2.50 bits per heavy atom. The molecule has 0 spiro atoms. The zero-order valence-electron chi connectivity index (χ0n) is 15.7.